The molecule has 0 radical (unpaired) electrons. The van der Waals surface area contributed by atoms with E-state index in [1.54, 1.807) is 18.3 Å². The molecule has 0 amide bonds. The van der Waals surface area contributed by atoms with E-state index in [0.29, 0.717) is 34.0 Å². The van der Waals surface area contributed by atoms with Gasteiger partial charge in [-0.15, -0.1) is 12.4 Å². The number of hydrogen-bond acceptors (Lipinski definition) is 6. The molecule has 1 saturated heterocycles. The molecule has 0 bridgehead atoms. The highest BCUT2D eigenvalue weighted by Gasteiger charge is 2.24. The Morgan fingerprint density at radius 3 is 2.56 bits per heavy atom. The van der Waals surface area contributed by atoms with E-state index in [4.69, 9.17) is 16.0 Å². The van der Waals surface area contributed by atoms with E-state index in [1.807, 2.05) is 35.7 Å². The van der Waals surface area contributed by atoms with Gasteiger partial charge in [0.2, 0.25) is 5.95 Å². The smallest absolute Gasteiger partial charge is 0.211 e. The number of phenolic OH excluding ortho intramolecular Hbond substituents is 1. The number of benzene rings is 2. The molecule has 34 heavy (non-hydrogen) atoms. The van der Waals surface area contributed by atoms with Crippen LogP contribution in [0.3, 0.4) is 0 Å². The van der Waals surface area contributed by atoms with Gasteiger partial charge in [-0.1, -0.05) is 18.2 Å². The molecule has 0 spiro atoms. The van der Waals surface area contributed by atoms with Crippen molar-refractivity contribution in [2.24, 2.45) is 5.73 Å². The summed E-state index contributed by atoms with van der Waals surface area (Å²) in [4.78, 5) is 11.8. The highest BCUT2D eigenvalue weighted by atomic mass is 35.5. The summed E-state index contributed by atoms with van der Waals surface area (Å²) in [5.41, 5.74) is 9.93. The Morgan fingerprint density at radius 1 is 1.15 bits per heavy atom. The number of aromatic nitrogens is 3. The van der Waals surface area contributed by atoms with Crippen LogP contribution in [-0.2, 0) is 0 Å². The van der Waals surface area contributed by atoms with Gasteiger partial charge in [-0.2, -0.15) is 5.26 Å². The molecule has 9 heteroatoms. The molecule has 1 aliphatic rings. The minimum atomic E-state index is -0.608. The van der Waals surface area contributed by atoms with E-state index in [0.717, 1.165) is 31.5 Å². The molecule has 0 unspecified atom stereocenters. The average molecular weight is 479 g/mol. The van der Waals surface area contributed by atoms with E-state index < -0.39 is 5.82 Å². The summed E-state index contributed by atoms with van der Waals surface area (Å²) in [7, 11) is 0. The molecule has 7 nitrogen and oxygen atoms in total. The third-order valence-corrected chi connectivity index (χ3v) is 6.21. The van der Waals surface area contributed by atoms with Crippen molar-refractivity contribution in [2.75, 3.05) is 18.0 Å². The average Bonchev–Trinajstić information content (AvgIpc) is 3.30. The number of anilines is 1. The van der Waals surface area contributed by atoms with E-state index in [2.05, 4.69) is 9.88 Å². The number of phenols is 1. The molecule has 0 aliphatic carbocycles. The number of nitrogens with zero attached hydrogens (tertiary/aromatic N) is 5. The van der Waals surface area contributed by atoms with Gasteiger partial charge in [0, 0.05) is 37.1 Å². The number of nitriles is 1. The van der Waals surface area contributed by atoms with E-state index in [9.17, 15) is 9.50 Å². The van der Waals surface area contributed by atoms with Crippen molar-refractivity contribution in [3.63, 3.8) is 0 Å². The summed E-state index contributed by atoms with van der Waals surface area (Å²) >= 11 is 0. The molecule has 2 aromatic heterocycles. The fourth-order valence-electron chi connectivity index (χ4n) is 4.28. The van der Waals surface area contributed by atoms with Crippen molar-refractivity contribution in [3.8, 4) is 34.2 Å². The van der Waals surface area contributed by atoms with Crippen LogP contribution in [0.2, 0.25) is 0 Å². The lowest BCUT2D eigenvalue weighted by molar-refractivity contribution is 0.471. The standard InChI is InChI=1S/C25H23FN6O.ClH/c1-15-2-3-16(13-21(15)33)22-23(17-4-5-18(14-27)20(26)12-17)30-25(32-11-8-29-24(22)32)31-9-6-19(28)7-10-31;/h2-5,8,11-13,19,33H,6-7,9-10,28H2,1H3;1H. The molecule has 3 N–H and O–H groups in total. The van der Waals surface area contributed by atoms with Crippen molar-refractivity contribution in [2.45, 2.75) is 25.8 Å². The topological polar surface area (TPSA) is 103 Å². The van der Waals surface area contributed by atoms with Gasteiger partial charge in [0.1, 0.15) is 23.3 Å². The van der Waals surface area contributed by atoms with Crippen LogP contribution in [0, 0.1) is 24.1 Å². The number of fused-ring (bicyclic) bond motifs is 1. The van der Waals surface area contributed by atoms with Crippen LogP contribution in [0.25, 0.3) is 28.0 Å². The summed E-state index contributed by atoms with van der Waals surface area (Å²) in [6.07, 6.45) is 5.27. The van der Waals surface area contributed by atoms with Gasteiger partial charge >= 0.3 is 0 Å². The molecular formula is C25H24ClFN6O. The Bertz CT molecular complexity index is 1400. The summed E-state index contributed by atoms with van der Waals surface area (Å²) in [5, 5.41) is 19.5. The van der Waals surface area contributed by atoms with Gasteiger partial charge in [0.15, 0.2) is 0 Å². The second-order valence-corrected chi connectivity index (χ2v) is 8.39. The van der Waals surface area contributed by atoms with Gasteiger partial charge in [-0.3, -0.25) is 4.40 Å². The van der Waals surface area contributed by atoms with Crippen LogP contribution in [0.15, 0.2) is 48.8 Å². The molecule has 3 heterocycles. The number of rotatable bonds is 3. The summed E-state index contributed by atoms with van der Waals surface area (Å²) in [5.74, 6) is 0.251. The third-order valence-electron chi connectivity index (χ3n) is 6.21. The first-order valence-corrected chi connectivity index (χ1v) is 10.8. The largest absolute Gasteiger partial charge is 0.508 e. The SMILES string of the molecule is Cc1ccc(-c2c(-c3ccc(C#N)c(F)c3)nc(N3CCC(N)CC3)n3ccnc23)cc1O.Cl. The Balaban J connectivity index is 0.00000274. The van der Waals surface area contributed by atoms with Crippen molar-refractivity contribution in [1.29, 1.82) is 5.26 Å². The van der Waals surface area contributed by atoms with Crippen molar-refractivity contribution >= 4 is 24.0 Å². The van der Waals surface area contributed by atoms with Crippen LogP contribution in [0.5, 0.6) is 5.75 Å². The number of imidazole rings is 1. The summed E-state index contributed by atoms with van der Waals surface area (Å²) in [6, 6.07) is 11.9. The predicted molar refractivity (Wildman–Crippen MR) is 132 cm³/mol. The summed E-state index contributed by atoms with van der Waals surface area (Å²) in [6.45, 7) is 3.34. The maximum absolute atomic E-state index is 14.6. The number of piperidine rings is 1. The third kappa shape index (κ3) is 4.04. The first-order chi connectivity index (χ1) is 16.0. The van der Waals surface area contributed by atoms with Crippen LogP contribution in [0.1, 0.15) is 24.0 Å². The number of hydrogen-bond donors (Lipinski definition) is 2. The fourth-order valence-corrected chi connectivity index (χ4v) is 4.28. The van der Waals surface area contributed by atoms with Crippen LogP contribution in [-0.4, -0.2) is 38.6 Å². The van der Waals surface area contributed by atoms with Crippen molar-refractivity contribution in [1.82, 2.24) is 14.4 Å². The number of nitrogens with two attached hydrogens (primary N) is 1. The number of aromatic hydroxyl groups is 1. The van der Waals surface area contributed by atoms with Crippen molar-refractivity contribution in [3.05, 3.63) is 65.7 Å². The number of halogens is 2. The lowest BCUT2D eigenvalue weighted by atomic mass is 9.98. The Hall–Kier alpha value is -3.67. The van der Waals surface area contributed by atoms with Crippen molar-refractivity contribution < 1.29 is 9.50 Å². The van der Waals surface area contributed by atoms with Gasteiger partial charge in [0.25, 0.3) is 0 Å². The monoisotopic (exact) mass is 478 g/mol. The predicted octanol–water partition coefficient (Wildman–Crippen LogP) is 4.44. The van der Waals surface area contributed by atoms with E-state index in [1.165, 1.54) is 12.1 Å². The van der Waals surface area contributed by atoms with Crippen LogP contribution < -0.4 is 10.6 Å². The van der Waals surface area contributed by atoms with Gasteiger partial charge in [0.05, 0.1) is 16.8 Å². The zero-order chi connectivity index (χ0) is 23.1. The molecule has 4 aromatic rings. The maximum atomic E-state index is 14.6. The Labute approximate surface area is 202 Å². The highest BCUT2D eigenvalue weighted by molar-refractivity contribution is 5.91. The minimum absolute atomic E-state index is 0. The molecule has 2 aromatic carbocycles. The van der Waals surface area contributed by atoms with Crippen LogP contribution in [0.4, 0.5) is 10.3 Å². The molecule has 5 rings (SSSR count). The lowest BCUT2D eigenvalue weighted by Crippen LogP contribution is -2.40. The number of aryl methyl sites for hydroxylation is 1. The second kappa shape index (κ2) is 9.29. The first-order valence-electron chi connectivity index (χ1n) is 10.8. The fraction of sp³-hybridized carbons (Fsp3) is 0.240. The molecule has 1 aliphatic heterocycles. The normalized spacial score (nSPS) is 14.1. The van der Waals surface area contributed by atoms with E-state index >= 15 is 0 Å². The summed E-state index contributed by atoms with van der Waals surface area (Å²) < 4.78 is 16.5. The minimum Gasteiger partial charge on any atom is -0.508 e. The van der Waals surface area contributed by atoms with Gasteiger partial charge in [-0.25, -0.2) is 14.4 Å². The first kappa shape index (κ1) is 23.5. The van der Waals surface area contributed by atoms with E-state index in [-0.39, 0.29) is 29.8 Å². The quantitative estimate of drug-likeness (QED) is 0.451. The zero-order valence-corrected chi connectivity index (χ0v) is 19.4. The Kier molecular flexibility index (Phi) is 6.42. The Morgan fingerprint density at radius 2 is 1.88 bits per heavy atom. The van der Waals surface area contributed by atoms with Crippen LogP contribution >= 0.6 is 12.4 Å². The molecule has 0 atom stereocenters. The zero-order valence-electron chi connectivity index (χ0n) is 18.6. The molecule has 174 valence electrons. The maximum Gasteiger partial charge on any atom is 0.211 e. The molecule has 1 fully saturated rings. The molecule has 0 saturated carbocycles. The highest BCUT2D eigenvalue weighted by Crippen LogP contribution is 2.38. The van der Waals surface area contributed by atoms with Gasteiger partial charge < -0.3 is 15.7 Å². The lowest BCUT2D eigenvalue weighted by Gasteiger charge is -2.32. The second-order valence-electron chi connectivity index (χ2n) is 8.39. The van der Waals surface area contributed by atoms with Gasteiger partial charge in [-0.05, 0) is 49.1 Å². The molecular weight excluding hydrogens is 455 g/mol.